The van der Waals surface area contributed by atoms with Crippen LogP contribution in [0.15, 0.2) is 48.5 Å². The van der Waals surface area contributed by atoms with Gasteiger partial charge in [-0.2, -0.15) is 0 Å². The standard InChI is InChI=1S/C20H22N2O4/c1-15-4-2-7-18(12-15)26-14-19(23)21-17-6-3-5-16(13-17)20(24)22-8-10-25-11-9-22/h2-7,12-13H,8-11,14H2,1H3,(H,21,23). The Morgan fingerprint density at radius 3 is 2.65 bits per heavy atom. The molecule has 1 heterocycles. The van der Waals surface area contributed by atoms with Gasteiger partial charge >= 0.3 is 0 Å². The Labute approximate surface area is 152 Å². The van der Waals surface area contributed by atoms with Gasteiger partial charge in [-0.1, -0.05) is 18.2 Å². The van der Waals surface area contributed by atoms with Crippen LogP contribution in [0.3, 0.4) is 0 Å². The Bertz CT molecular complexity index is 785. The molecule has 0 aromatic heterocycles. The molecule has 0 aliphatic carbocycles. The molecule has 1 aliphatic heterocycles. The first-order valence-corrected chi connectivity index (χ1v) is 8.58. The van der Waals surface area contributed by atoms with Crippen LogP contribution in [0.2, 0.25) is 0 Å². The number of nitrogens with one attached hydrogen (secondary N) is 1. The van der Waals surface area contributed by atoms with Crippen LogP contribution < -0.4 is 10.1 Å². The minimum absolute atomic E-state index is 0.0552. The number of ether oxygens (including phenoxy) is 2. The molecule has 2 amide bonds. The van der Waals surface area contributed by atoms with Gasteiger partial charge in [-0.15, -0.1) is 0 Å². The average Bonchev–Trinajstić information content (AvgIpc) is 2.67. The van der Waals surface area contributed by atoms with E-state index in [2.05, 4.69) is 5.32 Å². The van der Waals surface area contributed by atoms with Crippen molar-refractivity contribution in [3.05, 3.63) is 59.7 Å². The second-order valence-electron chi connectivity index (χ2n) is 6.14. The molecule has 26 heavy (non-hydrogen) atoms. The highest BCUT2D eigenvalue weighted by atomic mass is 16.5. The molecule has 1 fully saturated rings. The molecule has 0 saturated carbocycles. The van der Waals surface area contributed by atoms with Crippen LogP contribution in [0.1, 0.15) is 15.9 Å². The predicted octanol–water partition coefficient (Wildman–Crippen LogP) is 2.48. The molecule has 2 aromatic rings. The van der Waals surface area contributed by atoms with Gasteiger partial charge in [-0.05, 0) is 42.8 Å². The third kappa shape index (κ3) is 4.83. The van der Waals surface area contributed by atoms with Crippen molar-refractivity contribution in [3.63, 3.8) is 0 Å². The Morgan fingerprint density at radius 2 is 1.88 bits per heavy atom. The fraction of sp³-hybridized carbons (Fsp3) is 0.300. The van der Waals surface area contributed by atoms with E-state index in [-0.39, 0.29) is 18.4 Å². The van der Waals surface area contributed by atoms with Gasteiger partial charge in [0.15, 0.2) is 6.61 Å². The zero-order valence-corrected chi connectivity index (χ0v) is 14.7. The van der Waals surface area contributed by atoms with Crippen LogP contribution in [-0.2, 0) is 9.53 Å². The summed E-state index contributed by atoms with van der Waals surface area (Å²) in [6.07, 6.45) is 0. The molecule has 6 heteroatoms. The topological polar surface area (TPSA) is 67.9 Å². The summed E-state index contributed by atoms with van der Waals surface area (Å²) in [5.74, 6) is 0.319. The lowest BCUT2D eigenvalue weighted by Crippen LogP contribution is -2.40. The molecule has 0 bridgehead atoms. The molecule has 0 spiro atoms. The van der Waals surface area contributed by atoms with Gasteiger partial charge in [0.2, 0.25) is 0 Å². The number of carbonyl (C=O) groups excluding carboxylic acids is 2. The number of rotatable bonds is 5. The van der Waals surface area contributed by atoms with Gasteiger partial charge in [0.25, 0.3) is 11.8 Å². The molecule has 0 atom stereocenters. The minimum atomic E-state index is -0.275. The van der Waals surface area contributed by atoms with E-state index in [9.17, 15) is 9.59 Å². The number of morpholine rings is 1. The van der Waals surface area contributed by atoms with Crippen molar-refractivity contribution in [2.24, 2.45) is 0 Å². The van der Waals surface area contributed by atoms with E-state index in [0.29, 0.717) is 43.3 Å². The molecule has 0 radical (unpaired) electrons. The molecule has 1 aliphatic rings. The third-order valence-corrected chi connectivity index (χ3v) is 4.05. The van der Waals surface area contributed by atoms with E-state index >= 15 is 0 Å². The van der Waals surface area contributed by atoms with Crippen LogP contribution in [0, 0.1) is 6.92 Å². The van der Waals surface area contributed by atoms with Gasteiger partial charge < -0.3 is 19.7 Å². The largest absolute Gasteiger partial charge is 0.484 e. The van der Waals surface area contributed by atoms with Crippen molar-refractivity contribution in [2.75, 3.05) is 38.2 Å². The SMILES string of the molecule is Cc1cccc(OCC(=O)Nc2cccc(C(=O)N3CCOCC3)c2)c1. The van der Waals surface area contributed by atoms with E-state index in [0.717, 1.165) is 5.56 Å². The fourth-order valence-corrected chi connectivity index (χ4v) is 2.73. The van der Waals surface area contributed by atoms with Gasteiger partial charge in [-0.25, -0.2) is 0 Å². The smallest absolute Gasteiger partial charge is 0.262 e. The maximum atomic E-state index is 12.5. The number of hydrogen-bond donors (Lipinski definition) is 1. The van der Waals surface area contributed by atoms with Gasteiger partial charge in [0, 0.05) is 24.3 Å². The number of benzene rings is 2. The van der Waals surface area contributed by atoms with Crippen LogP contribution in [0.25, 0.3) is 0 Å². The minimum Gasteiger partial charge on any atom is -0.484 e. The lowest BCUT2D eigenvalue weighted by Gasteiger charge is -2.27. The zero-order chi connectivity index (χ0) is 18.4. The molecule has 2 aromatic carbocycles. The summed E-state index contributed by atoms with van der Waals surface area (Å²) in [5, 5.41) is 2.77. The van der Waals surface area contributed by atoms with Crippen LogP contribution >= 0.6 is 0 Å². The summed E-state index contributed by atoms with van der Waals surface area (Å²) >= 11 is 0. The van der Waals surface area contributed by atoms with Crippen molar-refractivity contribution < 1.29 is 19.1 Å². The maximum absolute atomic E-state index is 12.5. The number of amides is 2. The van der Waals surface area contributed by atoms with Gasteiger partial charge in [-0.3, -0.25) is 9.59 Å². The van der Waals surface area contributed by atoms with Crippen molar-refractivity contribution >= 4 is 17.5 Å². The van der Waals surface area contributed by atoms with Crippen LogP contribution in [0.5, 0.6) is 5.75 Å². The lowest BCUT2D eigenvalue weighted by molar-refractivity contribution is -0.118. The summed E-state index contributed by atoms with van der Waals surface area (Å²) in [6.45, 7) is 4.14. The molecule has 136 valence electrons. The van der Waals surface area contributed by atoms with E-state index in [1.165, 1.54) is 0 Å². The fourth-order valence-electron chi connectivity index (χ4n) is 2.73. The highest BCUT2D eigenvalue weighted by molar-refractivity contribution is 5.97. The number of anilines is 1. The van der Waals surface area contributed by atoms with Gasteiger partial charge in [0.1, 0.15) is 5.75 Å². The summed E-state index contributed by atoms with van der Waals surface area (Å²) in [6, 6.07) is 14.5. The van der Waals surface area contributed by atoms with Crippen molar-refractivity contribution in [3.8, 4) is 5.75 Å². The summed E-state index contributed by atoms with van der Waals surface area (Å²) in [5.41, 5.74) is 2.18. The Morgan fingerprint density at radius 1 is 1.12 bits per heavy atom. The normalized spacial score (nSPS) is 14.0. The Hall–Kier alpha value is -2.86. The third-order valence-electron chi connectivity index (χ3n) is 4.05. The average molecular weight is 354 g/mol. The van der Waals surface area contributed by atoms with Crippen LogP contribution in [-0.4, -0.2) is 49.6 Å². The van der Waals surface area contributed by atoms with Crippen molar-refractivity contribution in [1.82, 2.24) is 4.90 Å². The maximum Gasteiger partial charge on any atom is 0.262 e. The molecular formula is C20H22N2O4. The van der Waals surface area contributed by atoms with E-state index < -0.39 is 0 Å². The first-order chi connectivity index (χ1) is 12.6. The highest BCUT2D eigenvalue weighted by Crippen LogP contribution is 2.15. The zero-order valence-electron chi connectivity index (χ0n) is 14.7. The highest BCUT2D eigenvalue weighted by Gasteiger charge is 2.18. The van der Waals surface area contributed by atoms with E-state index in [1.54, 1.807) is 29.2 Å². The molecule has 1 N–H and O–H groups in total. The lowest BCUT2D eigenvalue weighted by atomic mass is 10.1. The van der Waals surface area contributed by atoms with E-state index in [1.807, 2.05) is 31.2 Å². The first-order valence-electron chi connectivity index (χ1n) is 8.58. The summed E-state index contributed by atoms with van der Waals surface area (Å²) in [7, 11) is 0. The second kappa shape index (κ2) is 8.49. The van der Waals surface area contributed by atoms with Crippen molar-refractivity contribution in [1.29, 1.82) is 0 Å². The van der Waals surface area contributed by atoms with Gasteiger partial charge in [0.05, 0.1) is 13.2 Å². The van der Waals surface area contributed by atoms with Crippen molar-refractivity contribution in [2.45, 2.75) is 6.92 Å². The Balaban J connectivity index is 1.57. The molecule has 6 nitrogen and oxygen atoms in total. The van der Waals surface area contributed by atoms with E-state index in [4.69, 9.17) is 9.47 Å². The molecule has 3 rings (SSSR count). The summed E-state index contributed by atoms with van der Waals surface area (Å²) < 4.78 is 10.8. The number of nitrogens with zero attached hydrogens (tertiary/aromatic N) is 1. The summed E-state index contributed by atoms with van der Waals surface area (Å²) in [4.78, 5) is 26.4. The van der Waals surface area contributed by atoms with Crippen LogP contribution in [0.4, 0.5) is 5.69 Å². The number of aryl methyl sites for hydroxylation is 1. The first kappa shape index (κ1) is 17.9. The number of hydrogen-bond acceptors (Lipinski definition) is 4. The predicted molar refractivity (Wildman–Crippen MR) is 98.5 cm³/mol. The molecule has 0 unspecified atom stereocenters. The quantitative estimate of drug-likeness (QED) is 0.896. The Kier molecular flexibility index (Phi) is 5.86. The molecule has 1 saturated heterocycles. The second-order valence-corrected chi connectivity index (χ2v) is 6.14. The molecular weight excluding hydrogens is 332 g/mol. The monoisotopic (exact) mass is 354 g/mol. The number of carbonyl (C=O) groups is 2.